The van der Waals surface area contributed by atoms with Gasteiger partial charge in [0.2, 0.25) is 0 Å². The van der Waals surface area contributed by atoms with Gasteiger partial charge in [-0.15, -0.1) is 0 Å². The molecule has 2 aromatic carbocycles. The molecule has 128 valence electrons. The lowest BCUT2D eigenvalue weighted by Crippen LogP contribution is -2.02. The fourth-order valence-corrected chi connectivity index (χ4v) is 2.17. The number of esters is 1. The lowest BCUT2D eigenvalue weighted by Gasteiger charge is -2.11. The van der Waals surface area contributed by atoms with Crippen molar-refractivity contribution in [2.75, 3.05) is 14.2 Å². The van der Waals surface area contributed by atoms with Crippen LogP contribution < -0.4 is 9.47 Å². The molecule has 0 unspecified atom stereocenters. The molecule has 0 amide bonds. The molecule has 0 heterocycles. The molecule has 0 N–H and O–H groups in total. The molecule has 0 saturated carbocycles. The second-order valence-electron chi connectivity index (χ2n) is 4.99. The second-order valence-corrected chi connectivity index (χ2v) is 5.42. The molecule has 0 saturated heterocycles. The fraction of sp³-hybridized carbons (Fsp3) is 0.158. The molecule has 0 aliphatic carbocycles. The van der Waals surface area contributed by atoms with E-state index >= 15 is 0 Å². The molecule has 0 bridgehead atoms. The first-order valence-electron chi connectivity index (χ1n) is 7.32. The summed E-state index contributed by atoms with van der Waals surface area (Å²) in [7, 11) is 2.74. The predicted molar refractivity (Wildman–Crippen MR) is 94.4 cm³/mol. The third kappa shape index (κ3) is 5.00. The van der Waals surface area contributed by atoms with Crippen molar-refractivity contribution >= 4 is 23.6 Å². The van der Waals surface area contributed by atoms with Gasteiger partial charge in [-0.3, -0.25) is 0 Å². The standard InChI is InChI=1S/C19H16ClNO4/c1-23-18-10-14(9-15(11-21)19(22)24-2)5-8-17(18)25-12-13-3-6-16(20)7-4-13/h3-10H,12H2,1-2H3/b15-9-. The number of halogens is 1. The Morgan fingerprint density at radius 2 is 1.88 bits per heavy atom. The summed E-state index contributed by atoms with van der Waals surface area (Å²) in [5, 5.41) is 9.68. The number of rotatable bonds is 6. The van der Waals surface area contributed by atoms with Gasteiger partial charge in [-0.05, 0) is 41.5 Å². The summed E-state index contributed by atoms with van der Waals surface area (Å²) in [6, 6.07) is 14.3. The van der Waals surface area contributed by atoms with Crippen LogP contribution in [0.2, 0.25) is 5.02 Å². The van der Waals surface area contributed by atoms with Crippen LogP contribution in [-0.2, 0) is 16.1 Å². The number of hydrogen-bond acceptors (Lipinski definition) is 5. The van der Waals surface area contributed by atoms with Crippen LogP contribution in [0.5, 0.6) is 11.5 Å². The molecule has 0 radical (unpaired) electrons. The Morgan fingerprint density at radius 1 is 1.16 bits per heavy atom. The minimum Gasteiger partial charge on any atom is -0.493 e. The summed E-state index contributed by atoms with van der Waals surface area (Å²) in [6.45, 7) is 0.355. The number of hydrogen-bond donors (Lipinski definition) is 0. The van der Waals surface area contributed by atoms with Gasteiger partial charge >= 0.3 is 5.97 Å². The first kappa shape index (κ1) is 18.4. The average molecular weight is 358 g/mol. The Kier molecular flexibility index (Phi) is 6.44. The van der Waals surface area contributed by atoms with Crippen LogP contribution in [-0.4, -0.2) is 20.2 Å². The Labute approximate surface area is 151 Å². The molecule has 5 nitrogen and oxygen atoms in total. The zero-order valence-electron chi connectivity index (χ0n) is 13.8. The molecule has 2 aromatic rings. The zero-order valence-corrected chi connectivity index (χ0v) is 14.5. The van der Waals surface area contributed by atoms with Gasteiger partial charge < -0.3 is 14.2 Å². The number of nitriles is 1. The van der Waals surface area contributed by atoms with Crippen LogP contribution in [0.25, 0.3) is 6.08 Å². The Balaban J connectivity index is 2.18. The number of ether oxygens (including phenoxy) is 3. The van der Waals surface area contributed by atoms with Crippen LogP contribution in [0.3, 0.4) is 0 Å². The highest BCUT2D eigenvalue weighted by molar-refractivity contribution is 6.30. The number of carbonyl (C=O) groups excluding carboxylic acids is 1. The SMILES string of the molecule is COC(=O)/C(C#N)=C\c1ccc(OCc2ccc(Cl)cc2)c(OC)c1. The first-order valence-corrected chi connectivity index (χ1v) is 7.70. The zero-order chi connectivity index (χ0) is 18.2. The van der Waals surface area contributed by atoms with Crippen molar-refractivity contribution in [1.82, 2.24) is 0 Å². The van der Waals surface area contributed by atoms with Crippen LogP contribution in [0, 0.1) is 11.3 Å². The quantitative estimate of drug-likeness (QED) is 0.444. The smallest absolute Gasteiger partial charge is 0.348 e. The van der Waals surface area contributed by atoms with Crippen molar-refractivity contribution in [3.63, 3.8) is 0 Å². The van der Waals surface area contributed by atoms with Crippen molar-refractivity contribution in [3.8, 4) is 17.6 Å². The fourth-order valence-electron chi connectivity index (χ4n) is 2.05. The molecule has 2 rings (SSSR count). The van der Waals surface area contributed by atoms with E-state index in [1.165, 1.54) is 20.3 Å². The lowest BCUT2D eigenvalue weighted by molar-refractivity contribution is -0.135. The molecule has 0 aromatic heterocycles. The molecule has 0 atom stereocenters. The monoisotopic (exact) mass is 357 g/mol. The van der Waals surface area contributed by atoms with E-state index in [2.05, 4.69) is 4.74 Å². The van der Waals surface area contributed by atoms with E-state index in [-0.39, 0.29) is 5.57 Å². The maximum absolute atomic E-state index is 11.5. The highest BCUT2D eigenvalue weighted by atomic mass is 35.5. The van der Waals surface area contributed by atoms with Gasteiger partial charge in [-0.1, -0.05) is 29.8 Å². The molecule has 0 fully saturated rings. The summed E-state index contributed by atoms with van der Waals surface area (Å²) in [5.74, 6) is 0.348. The van der Waals surface area contributed by atoms with Crippen LogP contribution in [0.4, 0.5) is 0 Å². The normalized spacial score (nSPS) is 10.7. The largest absolute Gasteiger partial charge is 0.493 e. The Hall–Kier alpha value is -2.97. The minimum atomic E-state index is -0.690. The Morgan fingerprint density at radius 3 is 2.48 bits per heavy atom. The van der Waals surface area contributed by atoms with Gasteiger partial charge in [0, 0.05) is 5.02 Å². The van der Waals surface area contributed by atoms with Crippen molar-refractivity contribution < 1.29 is 19.0 Å². The van der Waals surface area contributed by atoms with Gasteiger partial charge in [-0.25, -0.2) is 4.79 Å². The number of nitrogens with zero attached hydrogens (tertiary/aromatic N) is 1. The van der Waals surface area contributed by atoms with E-state index in [4.69, 9.17) is 26.3 Å². The third-order valence-electron chi connectivity index (χ3n) is 3.33. The van der Waals surface area contributed by atoms with E-state index in [1.54, 1.807) is 30.3 Å². The predicted octanol–water partition coefficient (Wildman–Crippen LogP) is 4.01. The summed E-state index contributed by atoms with van der Waals surface area (Å²) in [6.07, 6.45) is 1.43. The van der Waals surface area contributed by atoms with Gasteiger partial charge in [0.05, 0.1) is 14.2 Å². The summed E-state index contributed by atoms with van der Waals surface area (Å²) in [4.78, 5) is 11.5. The number of carbonyl (C=O) groups is 1. The van der Waals surface area contributed by atoms with Crippen molar-refractivity contribution in [1.29, 1.82) is 5.26 Å². The highest BCUT2D eigenvalue weighted by Crippen LogP contribution is 2.29. The molecular weight excluding hydrogens is 342 g/mol. The van der Waals surface area contributed by atoms with E-state index in [9.17, 15) is 4.79 Å². The van der Waals surface area contributed by atoms with Gasteiger partial charge in [0.1, 0.15) is 18.2 Å². The summed E-state index contributed by atoms with van der Waals surface area (Å²) in [5.41, 5.74) is 1.49. The highest BCUT2D eigenvalue weighted by Gasteiger charge is 2.10. The first-order chi connectivity index (χ1) is 12.1. The number of methoxy groups -OCH3 is 2. The van der Waals surface area contributed by atoms with Crippen LogP contribution >= 0.6 is 11.6 Å². The Bertz CT molecular complexity index is 822. The van der Waals surface area contributed by atoms with Crippen molar-refractivity contribution in [2.45, 2.75) is 6.61 Å². The summed E-state index contributed by atoms with van der Waals surface area (Å²) < 4.78 is 15.6. The third-order valence-corrected chi connectivity index (χ3v) is 3.58. The molecule has 0 aliphatic rings. The maximum Gasteiger partial charge on any atom is 0.348 e. The molecule has 0 spiro atoms. The number of benzene rings is 2. The lowest BCUT2D eigenvalue weighted by atomic mass is 10.1. The summed E-state index contributed by atoms with van der Waals surface area (Å²) >= 11 is 5.86. The molecular formula is C19H16ClNO4. The van der Waals surface area contributed by atoms with Gasteiger partial charge in [0.15, 0.2) is 11.5 Å². The van der Waals surface area contributed by atoms with Gasteiger partial charge in [-0.2, -0.15) is 5.26 Å². The van der Waals surface area contributed by atoms with Crippen molar-refractivity contribution in [3.05, 3.63) is 64.2 Å². The van der Waals surface area contributed by atoms with E-state index in [1.807, 2.05) is 18.2 Å². The van der Waals surface area contributed by atoms with Gasteiger partial charge in [0.25, 0.3) is 0 Å². The average Bonchev–Trinajstić information content (AvgIpc) is 2.65. The van der Waals surface area contributed by atoms with Crippen LogP contribution in [0.1, 0.15) is 11.1 Å². The van der Waals surface area contributed by atoms with E-state index in [0.717, 1.165) is 5.56 Å². The van der Waals surface area contributed by atoms with E-state index < -0.39 is 5.97 Å². The van der Waals surface area contributed by atoms with E-state index in [0.29, 0.717) is 28.7 Å². The van der Waals surface area contributed by atoms with Crippen molar-refractivity contribution in [2.24, 2.45) is 0 Å². The maximum atomic E-state index is 11.5. The molecule has 0 aliphatic heterocycles. The minimum absolute atomic E-state index is 0.0978. The molecule has 6 heteroatoms. The molecule has 25 heavy (non-hydrogen) atoms. The topological polar surface area (TPSA) is 68.6 Å². The second kappa shape index (κ2) is 8.76. The van der Waals surface area contributed by atoms with Crippen LogP contribution in [0.15, 0.2) is 48.0 Å².